The summed E-state index contributed by atoms with van der Waals surface area (Å²) in [4.78, 5) is 37.4. The predicted octanol–water partition coefficient (Wildman–Crippen LogP) is 2.27. The van der Waals surface area contributed by atoms with Crippen LogP contribution in [0.4, 0.5) is 5.69 Å². The number of nitrogens with zero attached hydrogens (tertiary/aromatic N) is 5. The van der Waals surface area contributed by atoms with E-state index in [0.29, 0.717) is 27.1 Å². The molecule has 2 heterocycles. The van der Waals surface area contributed by atoms with Crippen molar-refractivity contribution in [2.45, 2.75) is 5.16 Å². The van der Waals surface area contributed by atoms with Gasteiger partial charge in [0, 0.05) is 17.8 Å². The highest BCUT2D eigenvalue weighted by atomic mass is 35.5. The second kappa shape index (κ2) is 7.64. The van der Waals surface area contributed by atoms with E-state index in [0.717, 1.165) is 16.7 Å². The molecule has 11 heteroatoms. The van der Waals surface area contributed by atoms with E-state index in [-0.39, 0.29) is 23.1 Å². The Kier molecular flexibility index (Phi) is 5.03. The molecule has 0 aliphatic carbocycles. The van der Waals surface area contributed by atoms with Crippen LogP contribution in [-0.2, 0) is 4.79 Å². The molecule has 0 bridgehead atoms. The Morgan fingerprint density at radius 3 is 2.59 bits per heavy atom. The molecule has 0 radical (unpaired) electrons. The van der Waals surface area contributed by atoms with Gasteiger partial charge in [-0.15, -0.1) is 5.10 Å². The topological polar surface area (TPSA) is 110 Å². The number of tetrazole rings is 1. The van der Waals surface area contributed by atoms with E-state index in [1.54, 1.807) is 30.3 Å². The Morgan fingerprint density at radius 2 is 1.83 bits per heavy atom. The maximum absolute atomic E-state index is 12.3. The number of anilines is 1. The molecule has 0 saturated heterocycles. The number of amides is 3. The van der Waals surface area contributed by atoms with Gasteiger partial charge < -0.3 is 5.32 Å². The zero-order valence-corrected chi connectivity index (χ0v) is 16.6. The maximum atomic E-state index is 12.3. The van der Waals surface area contributed by atoms with Gasteiger partial charge in [0.1, 0.15) is 0 Å². The lowest BCUT2D eigenvalue weighted by Crippen LogP contribution is -2.24. The quantitative estimate of drug-likeness (QED) is 0.490. The number of aromatic nitrogens is 4. The van der Waals surface area contributed by atoms with E-state index in [2.05, 4.69) is 20.8 Å². The van der Waals surface area contributed by atoms with Gasteiger partial charge in [-0.3, -0.25) is 19.3 Å². The molecule has 4 rings (SSSR count). The molecule has 0 fully saturated rings. The van der Waals surface area contributed by atoms with E-state index in [1.807, 2.05) is 0 Å². The minimum absolute atomic E-state index is 0.0534. The molecule has 1 aromatic heterocycles. The molecule has 29 heavy (non-hydrogen) atoms. The number of thioether (sulfide) groups is 1. The normalized spacial score (nSPS) is 13.0. The van der Waals surface area contributed by atoms with Crippen molar-refractivity contribution in [1.29, 1.82) is 0 Å². The summed E-state index contributed by atoms with van der Waals surface area (Å²) >= 11 is 7.05. The minimum atomic E-state index is -0.391. The predicted molar refractivity (Wildman–Crippen MR) is 106 cm³/mol. The largest absolute Gasteiger partial charge is 0.325 e. The van der Waals surface area contributed by atoms with Crippen molar-refractivity contribution in [2.24, 2.45) is 0 Å². The van der Waals surface area contributed by atoms with Crippen LogP contribution >= 0.6 is 23.4 Å². The van der Waals surface area contributed by atoms with Crippen molar-refractivity contribution < 1.29 is 14.4 Å². The summed E-state index contributed by atoms with van der Waals surface area (Å²) in [6.45, 7) is 0. The number of fused-ring (bicyclic) bond motifs is 1. The number of imide groups is 1. The number of carbonyl (C=O) groups is 3. The fourth-order valence-electron chi connectivity index (χ4n) is 2.78. The molecule has 0 unspecified atom stereocenters. The first-order valence-electron chi connectivity index (χ1n) is 8.37. The smallest absolute Gasteiger partial charge is 0.261 e. The number of rotatable bonds is 5. The molecule has 9 nitrogen and oxygen atoms in total. The van der Waals surface area contributed by atoms with E-state index >= 15 is 0 Å². The number of halogens is 1. The molecule has 3 aromatic rings. The highest BCUT2D eigenvalue weighted by molar-refractivity contribution is 7.99. The highest BCUT2D eigenvalue weighted by Gasteiger charge is 2.32. The first-order valence-corrected chi connectivity index (χ1v) is 9.74. The summed E-state index contributed by atoms with van der Waals surface area (Å²) in [7, 11) is 1.42. The third kappa shape index (κ3) is 3.71. The average Bonchev–Trinajstić information content (AvgIpc) is 3.27. The summed E-state index contributed by atoms with van der Waals surface area (Å²) in [6.07, 6.45) is 0. The molecule has 0 atom stereocenters. The van der Waals surface area contributed by atoms with Gasteiger partial charge in [0.2, 0.25) is 11.1 Å². The van der Waals surface area contributed by atoms with Crippen LogP contribution in [-0.4, -0.2) is 55.6 Å². The summed E-state index contributed by atoms with van der Waals surface area (Å²) in [5.74, 6) is -0.992. The molecule has 1 N–H and O–H groups in total. The molecular weight excluding hydrogens is 416 g/mol. The third-order valence-electron chi connectivity index (χ3n) is 4.22. The molecule has 3 amide bonds. The van der Waals surface area contributed by atoms with Crippen molar-refractivity contribution in [3.05, 3.63) is 58.6 Å². The van der Waals surface area contributed by atoms with Crippen LogP contribution in [0.3, 0.4) is 0 Å². The SMILES string of the molecule is CN1C(=O)c2ccc(NC(=O)CSc3nnnn3-c3ccc(Cl)cc3)cc2C1=O. The van der Waals surface area contributed by atoms with Gasteiger partial charge >= 0.3 is 0 Å². The van der Waals surface area contributed by atoms with Gasteiger partial charge in [-0.05, 0) is 52.9 Å². The number of hydrogen-bond acceptors (Lipinski definition) is 7. The second-order valence-corrected chi connectivity index (χ2v) is 7.50. The van der Waals surface area contributed by atoms with Crippen LogP contribution in [0.5, 0.6) is 0 Å². The van der Waals surface area contributed by atoms with Crippen LogP contribution in [0.15, 0.2) is 47.6 Å². The van der Waals surface area contributed by atoms with Gasteiger partial charge in [-0.25, -0.2) is 0 Å². The van der Waals surface area contributed by atoms with Gasteiger partial charge in [0.25, 0.3) is 11.8 Å². The van der Waals surface area contributed by atoms with E-state index < -0.39 is 5.91 Å². The van der Waals surface area contributed by atoms with Crippen LogP contribution in [0.1, 0.15) is 20.7 Å². The van der Waals surface area contributed by atoms with Gasteiger partial charge in [0.15, 0.2) is 0 Å². The monoisotopic (exact) mass is 428 g/mol. The lowest BCUT2D eigenvalue weighted by Gasteiger charge is -2.07. The van der Waals surface area contributed by atoms with Gasteiger partial charge in [-0.1, -0.05) is 23.4 Å². The molecule has 1 aliphatic rings. The molecule has 146 valence electrons. The lowest BCUT2D eigenvalue weighted by atomic mass is 10.1. The number of benzene rings is 2. The number of hydrogen-bond donors (Lipinski definition) is 1. The summed E-state index contributed by atoms with van der Waals surface area (Å²) in [6, 6.07) is 11.6. The Hall–Kier alpha value is -3.24. The Bertz CT molecular complexity index is 1130. The van der Waals surface area contributed by atoms with E-state index in [1.165, 1.54) is 23.9 Å². The standard InChI is InChI=1S/C18H13ClN6O3S/c1-24-16(27)13-7-4-11(8-14(13)17(24)28)20-15(26)9-29-18-21-22-23-25(18)12-5-2-10(19)3-6-12/h2-8H,9H2,1H3,(H,20,26). The van der Waals surface area contributed by atoms with Crippen molar-refractivity contribution in [1.82, 2.24) is 25.1 Å². The Morgan fingerprint density at radius 1 is 1.10 bits per heavy atom. The van der Waals surface area contributed by atoms with E-state index in [4.69, 9.17) is 11.6 Å². The Labute approximate surface area is 174 Å². The average molecular weight is 429 g/mol. The highest BCUT2D eigenvalue weighted by Crippen LogP contribution is 2.25. The second-order valence-electron chi connectivity index (χ2n) is 6.12. The van der Waals surface area contributed by atoms with Gasteiger partial charge in [0.05, 0.1) is 22.6 Å². The number of carbonyl (C=O) groups excluding carboxylic acids is 3. The van der Waals surface area contributed by atoms with Crippen LogP contribution in [0, 0.1) is 0 Å². The lowest BCUT2D eigenvalue weighted by molar-refractivity contribution is -0.113. The van der Waals surface area contributed by atoms with Crippen molar-refractivity contribution in [3.8, 4) is 5.69 Å². The number of nitrogens with one attached hydrogen (secondary N) is 1. The van der Waals surface area contributed by atoms with Crippen LogP contribution in [0.2, 0.25) is 5.02 Å². The maximum Gasteiger partial charge on any atom is 0.261 e. The van der Waals surface area contributed by atoms with Crippen LogP contribution in [0.25, 0.3) is 5.69 Å². The summed E-state index contributed by atoms with van der Waals surface area (Å²) in [5, 5.41) is 15.3. The first-order chi connectivity index (χ1) is 13.9. The molecule has 1 aliphatic heterocycles. The van der Waals surface area contributed by atoms with Crippen molar-refractivity contribution >= 4 is 46.8 Å². The van der Waals surface area contributed by atoms with Crippen molar-refractivity contribution in [3.63, 3.8) is 0 Å². The first kappa shape index (κ1) is 19.1. The molecule has 0 saturated carbocycles. The molecule has 2 aromatic carbocycles. The summed E-state index contributed by atoms with van der Waals surface area (Å²) < 4.78 is 1.50. The molecular formula is C18H13ClN6O3S. The van der Waals surface area contributed by atoms with Gasteiger partial charge in [-0.2, -0.15) is 4.68 Å². The Balaban J connectivity index is 1.42. The minimum Gasteiger partial charge on any atom is -0.325 e. The third-order valence-corrected chi connectivity index (χ3v) is 5.39. The molecule has 0 spiro atoms. The summed E-state index contributed by atoms with van der Waals surface area (Å²) in [5.41, 5.74) is 1.75. The fourth-order valence-corrected chi connectivity index (χ4v) is 3.60. The zero-order valence-electron chi connectivity index (χ0n) is 15.0. The van der Waals surface area contributed by atoms with E-state index in [9.17, 15) is 14.4 Å². The van der Waals surface area contributed by atoms with Crippen molar-refractivity contribution in [2.75, 3.05) is 18.1 Å². The zero-order chi connectivity index (χ0) is 20.5. The fraction of sp³-hybridized carbons (Fsp3) is 0.111. The van der Waals surface area contributed by atoms with Crippen LogP contribution < -0.4 is 5.32 Å².